The SMILES string of the molecule is CSc1nnc(N(C)S(=O)(=O)c2ccc(C)cc2)s1. The van der Waals surface area contributed by atoms with Crippen LogP contribution >= 0.6 is 23.1 Å². The molecule has 102 valence electrons. The number of sulfonamides is 1. The third-order valence-electron chi connectivity index (χ3n) is 2.52. The summed E-state index contributed by atoms with van der Waals surface area (Å²) in [6.07, 6.45) is 1.87. The first-order valence-electron chi connectivity index (χ1n) is 5.38. The fourth-order valence-corrected chi connectivity index (χ4v) is 3.96. The zero-order chi connectivity index (χ0) is 14.0. The molecule has 0 atom stereocenters. The first kappa shape index (κ1) is 14.3. The van der Waals surface area contributed by atoms with Gasteiger partial charge in [0, 0.05) is 7.05 Å². The quantitative estimate of drug-likeness (QED) is 0.811. The Morgan fingerprint density at radius 2 is 1.84 bits per heavy atom. The molecule has 0 amide bonds. The summed E-state index contributed by atoms with van der Waals surface area (Å²) in [5.41, 5.74) is 1.02. The van der Waals surface area contributed by atoms with Gasteiger partial charge in [0.1, 0.15) is 0 Å². The predicted octanol–water partition coefficient (Wildman–Crippen LogP) is 2.39. The van der Waals surface area contributed by atoms with Crippen molar-refractivity contribution in [3.8, 4) is 0 Å². The molecule has 2 aromatic rings. The van der Waals surface area contributed by atoms with Crippen molar-refractivity contribution in [2.45, 2.75) is 16.2 Å². The van der Waals surface area contributed by atoms with E-state index < -0.39 is 10.0 Å². The third kappa shape index (κ3) is 2.90. The summed E-state index contributed by atoms with van der Waals surface area (Å²) >= 11 is 2.69. The Kier molecular flexibility index (Phi) is 4.12. The minimum absolute atomic E-state index is 0.251. The van der Waals surface area contributed by atoms with E-state index in [0.29, 0.717) is 5.13 Å². The zero-order valence-electron chi connectivity index (χ0n) is 10.7. The monoisotopic (exact) mass is 315 g/mol. The zero-order valence-corrected chi connectivity index (χ0v) is 13.1. The minimum Gasteiger partial charge on any atom is -0.243 e. The Labute approximate surface area is 120 Å². The lowest BCUT2D eigenvalue weighted by atomic mass is 10.2. The number of nitrogens with zero attached hydrogens (tertiary/aromatic N) is 3. The number of thioether (sulfide) groups is 1. The van der Waals surface area contributed by atoms with E-state index in [1.54, 1.807) is 24.3 Å². The number of anilines is 1. The number of hydrogen-bond donors (Lipinski definition) is 0. The standard InChI is InChI=1S/C11H13N3O2S3/c1-8-4-6-9(7-5-8)19(15,16)14(2)10-12-13-11(17-3)18-10/h4-7H,1-3H3. The summed E-state index contributed by atoms with van der Waals surface area (Å²) in [5, 5.41) is 8.16. The van der Waals surface area contributed by atoms with E-state index in [9.17, 15) is 8.42 Å². The molecule has 5 nitrogen and oxygen atoms in total. The minimum atomic E-state index is -3.57. The van der Waals surface area contributed by atoms with Crippen LogP contribution < -0.4 is 4.31 Å². The van der Waals surface area contributed by atoms with Gasteiger partial charge in [-0.1, -0.05) is 40.8 Å². The second-order valence-corrected chi connectivity index (χ2v) is 7.82. The Hall–Kier alpha value is -1.12. The van der Waals surface area contributed by atoms with Crippen LogP contribution in [0.15, 0.2) is 33.5 Å². The van der Waals surface area contributed by atoms with Gasteiger partial charge in [0.25, 0.3) is 10.0 Å². The highest BCUT2D eigenvalue weighted by atomic mass is 32.2. The fourth-order valence-electron chi connectivity index (χ4n) is 1.38. The highest BCUT2D eigenvalue weighted by Gasteiger charge is 2.24. The molecule has 0 aliphatic carbocycles. The summed E-state index contributed by atoms with van der Waals surface area (Å²) < 4.78 is 26.7. The van der Waals surface area contributed by atoms with Gasteiger partial charge in [0.15, 0.2) is 4.34 Å². The first-order valence-corrected chi connectivity index (χ1v) is 8.86. The molecule has 0 aliphatic rings. The van der Waals surface area contributed by atoms with Crippen LogP contribution in [0.25, 0.3) is 0 Å². The Bertz CT molecular complexity index is 665. The van der Waals surface area contributed by atoms with E-state index in [1.807, 2.05) is 13.2 Å². The molecular formula is C11H13N3O2S3. The molecule has 8 heteroatoms. The molecular weight excluding hydrogens is 302 g/mol. The van der Waals surface area contributed by atoms with Crippen LogP contribution in [0.4, 0.5) is 5.13 Å². The average molecular weight is 315 g/mol. The van der Waals surface area contributed by atoms with Crippen molar-refractivity contribution in [3.63, 3.8) is 0 Å². The van der Waals surface area contributed by atoms with Crippen LogP contribution in [0, 0.1) is 6.92 Å². The van der Waals surface area contributed by atoms with Crippen molar-refractivity contribution in [1.82, 2.24) is 10.2 Å². The van der Waals surface area contributed by atoms with Gasteiger partial charge in [0.2, 0.25) is 5.13 Å². The van der Waals surface area contributed by atoms with Gasteiger partial charge in [-0.05, 0) is 25.3 Å². The molecule has 1 aromatic carbocycles. The number of hydrogen-bond acceptors (Lipinski definition) is 6. The van der Waals surface area contributed by atoms with Crippen LogP contribution in [0.5, 0.6) is 0 Å². The molecule has 0 unspecified atom stereocenters. The molecule has 0 N–H and O–H groups in total. The average Bonchev–Trinajstić information content (AvgIpc) is 2.87. The maximum atomic E-state index is 12.4. The summed E-state index contributed by atoms with van der Waals surface area (Å²) in [6, 6.07) is 6.73. The lowest BCUT2D eigenvalue weighted by Crippen LogP contribution is -2.26. The molecule has 0 radical (unpaired) electrons. The lowest BCUT2D eigenvalue weighted by Gasteiger charge is -2.15. The fraction of sp³-hybridized carbons (Fsp3) is 0.273. The summed E-state index contributed by atoms with van der Waals surface area (Å²) in [7, 11) is -2.09. The Balaban J connectivity index is 2.36. The van der Waals surface area contributed by atoms with E-state index in [4.69, 9.17) is 0 Å². The molecule has 0 saturated heterocycles. The molecule has 1 aromatic heterocycles. The molecule has 1 heterocycles. The third-order valence-corrected chi connectivity index (χ3v) is 6.37. The first-order chi connectivity index (χ1) is 8.95. The van der Waals surface area contributed by atoms with Crippen LogP contribution in [0.2, 0.25) is 0 Å². The van der Waals surface area contributed by atoms with Gasteiger partial charge in [-0.2, -0.15) is 0 Å². The Morgan fingerprint density at radius 3 is 2.37 bits per heavy atom. The van der Waals surface area contributed by atoms with E-state index in [0.717, 1.165) is 14.2 Å². The normalized spacial score (nSPS) is 11.5. The van der Waals surface area contributed by atoms with Crippen molar-refractivity contribution in [2.24, 2.45) is 0 Å². The highest BCUT2D eigenvalue weighted by Crippen LogP contribution is 2.29. The molecule has 0 bridgehead atoms. The molecule has 0 spiro atoms. The van der Waals surface area contributed by atoms with Crippen LogP contribution in [0.3, 0.4) is 0 Å². The van der Waals surface area contributed by atoms with Crippen molar-refractivity contribution >= 4 is 38.3 Å². The van der Waals surface area contributed by atoms with Gasteiger partial charge in [-0.25, -0.2) is 12.7 Å². The molecule has 2 rings (SSSR count). The van der Waals surface area contributed by atoms with Gasteiger partial charge in [-0.3, -0.25) is 0 Å². The van der Waals surface area contributed by atoms with Crippen molar-refractivity contribution < 1.29 is 8.42 Å². The van der Waals surface area contributed by atoms with Crippen LogP contribution in [-0.2, 0) is 10.0 Å². The van der Waals surface area contributed by atoms with E-state index in [-0.39, 0.29) is 4.90 Å². The molecule has 19 heavy (non-hydrogen) atoms. The summed E-state index contributed by atoms with van der Waals surface area (Å²) in [5.74, 6) is 0. The van der Waals surface area contributed by atoms with E-state index in [2.05, 4.69) is 10.2 Å². The van der Waals surface area contributed by atoms with Crippen LogP contribution in [-0.4, -0.2) is 31.9 Å². The van der Waals surface area contributed by atoms with Gasteiger partial charge < -0.3 is 0 Å². The van der Waals surface area contributed by atoms with E-state index >= 15 is 0 Å². The smallest absolute Gasteiger partial charge is 0.243 e. The number of aromatic nitrogens is 2. The molecule has 0 aliphatic heterocycles. The number of aryl methyl sites for hydroxylation is 1. The van der Waals surface area contributed by atoms with Gasteiger partial charge >= 0.3 is 0 Å². The van der Waals surface area contributed by atoms with E-state index in [1.165, 1.54) is 30.1 Å². The van der Waals surface area contributed by atoms with Crippen LogP contribution in [0.1, 0.15) is 5.56 Å². The maximum Gasteiger partial charge on any atom is 0.265 e. The topological polar surface area (TPSA) is 63.2 Å². The second-order valence-electron chi connectivity index (χ2n) is 3.84. The highest BCUT2D eigenvalue weighted by molar-refractivity contribution is 8.00. The number of rotatable bonds is 4. The summed E-state index contributed by atoms with van der Waals surface area (Å²) in [6.45, 7) is 1.91. The Morgan fingerprint density at radius 1 is 1.21 bits per heavy atom. The van der Waals surface area contributed by atoms with Crippen molar-refractivity contribution in [1.29, 1.82) is 0 Å². The predicted molar refractivity (Wildman–Crippen MR) is 78.5 cm³/mol. The number of benzene rings is 1. The maximum absolute atomic E-state index is 12.4. The largest absolute Gasteiger partial charge is 0.265 e. The van der Waals surface area contributed by atoms with Gasteiger partial charge in [-0.15, -0.1) is 10.2 Å². The second kappa shape index (κ2) is 5.48. The summed E-state index contributed by atoms with van der Waals surface area (Å²) in [4.78, 5) is 0.251. The van der Waals surface area contributed by atoms with Gasteiger partial charge in [0.05, 0.1) is 4.90 Å². The molecule has 0 saturated carbocycles. The van der Waals surface area contributed by atoms with Crippen molar-refractivity contribution in [2.75, 3.05) is 17.6 Å². The van der Waals surface area contributed by atoms with Crippen molar-refractivity contribution in [3.05, 3.63) is 29.8 Å². The lowest BCUT2D eigenvalue weighted by molar-refractivity contribution is 0.594. The molecule has 0 fully saturated rings.